The topological polar surface area (TPSA) is 116 Å². The second-order valence-electron chi connectivity index (χ2n) is 6.34. The molecule has 3 rings (SSSR count). The number of carbonyl (C=O) groups excluding carboxylic acids is 1. The normalized spacial score (nSPS) is 11.4. The van der Waals surface area contributed by atoms with Crippen molar-refractivity contribution < 1.29 is 33.0 Å². The lowest BCUT2D eigenvalue weighted by atomic mass is 10.1. The quantitative estimate of drug-likeness (QED) is 0.363. The summed E-state index contributed by atoms with van der Waals surface area (Å²) in [5.41, 5.74) is 3.13. The molecule has 1 atom stereocenters. The van der Waals surface area contributed by atoms with Gasteiger partial charge in [-0.05, 0) is 31.2 Å². The zero-order valence-electron chi connectivity index (χ0n) is 16.7. The lowest BCUT2D eigenvalue weighted by Crippen LogP contribution is -2.36. The Bertz CT molecular complexity index is 1150. The standard InChI is InChI=1S/C20H17F3N4O2.CH2O2/c1-13(28)5-6-14-7-8-27-17(11-24-18(27)9-14)15-3-2-4-16(10-15)26-19(29)25-12-20(21,22)23;2-1-3/h2-4,7-11,13,28H,12H2,1H3,(H2,25,26,29);1H,(H,2,3). The smallest absolute Gasteiger partial charge is 0.405 e. The third-order valence-electron chi connectivity index (χ3n) is 3.80. The van der Waals surface area contributed by atoms with Crippen LogP contribution in [0.15, 0.2) is 48.8 Å². The number of amides is 2. The summed E-state index contributed by atoms with van der Waals surface area (Å²) < 4.78 is 38.4. The van der Waals surface area contributed by atoms with Gasteiger partial charge in [0, 0.05) is 23.0 Å². The molecule has 0 saturated heterocycles. The molecule has 2 amide bonds. The molecule has 0 aliphatic heterocycles. The molecule has 0 aliphatic rings. The number of hydrogen-bond donors (Lipinski definition) is 4. The van der Waals surface area contributed by atoms with Gasteiger partial charge in [-0.2, -0.15) is 13.2 Å². The molecule has 0 spiro atoms. The van der Waals surface area contributed by atoms with Crippen LogP contribution in [0.25, 0.3) is 16.9 Å². The molecule has 0 radical (unpaired) electrons. The van der Waals surface area contributed by atoms with Gasteiger partial charge < -0.3 is 20.8 Å². The highest BCUT2D eigenvalue weighted by Crippen LogP contribution is 2.24. The van der Waals surface area contributed by atoms with Crippen LogP contribution in [0.5, 0.6) is 0 Å². The van der Waals surface area contributed by atoms with E-state index in [0.29, 0.717) is 22.5 Å². The molecule has 0 bridgehead atoms. The van der Waals surface area contributed by atoms with E-state index >= 15 is 0 Å². The van der Waals surface area contributed by atoms with E-state index < -0.39 is 24.9 Å². The fraction of sp³-hybridized carbons (Fsp3) is 0.190. The van der Waals surface area contributed by atoms with Gasteiger partial charge in [0.25, 0.3) is 6.47 Å². The van der Waals surface area contributed by atoms with E-state index in [9.17, 15) is 23.1 Å². The second kappa shape index (κ2) is 10.8. The van der Waals surface area contributed by atoms with Gasteiger partial charge in [-0.3, -0.25) is 9.20 Å². The molecular formula is C21H19F3N4O4. The van der Waals surface area contributed by atoms with Crippen molar-refractivity contribution >= 4 is 23.8 Å². The third-order valence-corrected chi connectivity index (χ3v) is 3.80. The van der Waals surface area contributed by atoms with E-state index in [-0.39, 0.29) is 6.47 Å². The number of urea groups is 1. The van der Waals surface area contributed by atoms with Crippen molar-refractivity contribution in [3.05, 3.63) is 54.4 Å². The number of hydrogen-bond acceptors (Lipinski definition) is 4. The lowest BCUT2D eigenvalue weighted by Gasteiger charge is -2.10. The predicted octanol–water partition coefficient (Wildman–Crippen LogP) is 3.12. The summed E-state index contributed by atoms with van der Waals surface area (Å²) in [5, 5.41) is 20.3. The Hall–Kier alpha value is -4.04. The predicted molar refractivity (Wildman–Crippen MR) is 111 cm³/mol. The van der Waals surface area contributed by atoms with Gasteiger partial charge in [0.2, 0.25) is 0 Å². The minimum atomic E-state index is -4.48. The molecular weight excluding hydrogens is 429 g/mol. The second-order valence-corrected chi connectivity index (χ2v) is 6.34. The Balaban J connectivity index is 0.00000114. The number of imidazole rings is 1. The first-order valence-corrected chi connectivity index (χ1v) is 9.09. The highest BCUT2D eigenvalue weighted by molar-refractivity contribution is 5.90. The number of carbonyl (C=O) groups is 2. The maximum absolute atomic E-state index is 12.2. The van der Waals surface area contributed by atoms with Gasteiger partial charge in [0.15, 0.2) is 0 Å². The molecule has 0 saturated carbocycles. The molecule has 8 nitrogen and oxygen atoms in total. The maximum Gasteiger partial charge on any atom is 0.405 e. The molecule has 32 heavy (non-hydrogen) atoms. The van der Waals surface area contributed by atoms with Crippen LogP contribution in [0.4, 0.5) is 23.7 Å². The summed E-state index contributed by atoms with van der Waals surface area (Å²) in [5.74, 6) is 5.51. The monoisotopic (exact) mass is 448 g/mol. The van der Waals surface area contributed by atoms with Crippen LogP contribution in [0.2, 0.25) is 0 Å². The highest BCUT2D eigenvalue weighted by atomic mass is 19.4. The van der Waals surface area contributed by atoms with Crippen LogP contribution in [0.1, 0.15) is 12.5 Å². The van der Waals surface area contributed by atoms with Gasteiger partial charge in [-0.25, -0.2) is 9.78 Å². The number of rotatable bonds is 3. The Labute approximate surface area is 180 Å². The highest BCUT2D eigenvalue weighted by Gasteiger charge is 2.27. The van der Waals surface area contributed by atoms with Gasteiger partial charge in [0.05, 0.1) is 11.9 Å². The van der Waals surface area contributed by atoms with Crippen molar-refractivity contribution in [3.8, 4) is 23.1 Å². The van der Waals surface area contributed by atoms with Crippen LogP contribution in [-0.4, -0.2) is 50.9 Å². The number of aliphatic hydroxyl groups is 1. The minimum absolute atomic E-state index is 0.250. The van der Waals surface area contributed by atoms with Crippen molar-refractivity contribution in [1.82, 2.24) is 14.7 Å². The van der Waals surface area contributed by atoms with Crippen molar-refractivity contribution in [2.75, 3.05) is 11.9 Å². The number of aromatic nitrogens is 2. The first-order chi connectivity index (χ1) is 15.1. The number of pyridine rings is 1. The molecule has 1 unspecified atom stereocenters. The number of benzene rings is 1. The summed E-state index contributed by atoms with van der Waals surface area (Å²) in [6.45, 7) is -0.0877. The molecule has 168 valence electrons. The minimum Gasteiger partial charge on any atom is -0.483 e. The van der Waals surface area contributed by atoms with Crippen LogP contribution in [0.3, 0.4) is 0 Å². The van der Waals surface area contributed by atoms with E-state index in [1.54, 1.807) is 61.0 Å². The van der Waals surface area contributed by atoms with Crippen molar-refractivity contribution in [2.45, 2.75) is 19.2 Å². The van der Waals surface area contributed by atoms with Crippen molar-refractivity contribution in [1.29, 1.82) is 0 Å². The molecule has 1 aromatic carbocycles. The number of anilines is 1. The van der Waals surface area contributed by atoms with Crippen LogP contribution < -0.4 is 10.6 Å². The number of halogens is 3. The SMILES string of the molecule is CC(O)C#Cc1ccn2c(-c3cccc(NC(=O)NCC(F)(F)F)c3)cnc2c1.O=CO. The Morgan fingerprint density at radius 2 is 2.03 bits per heavy atom. The Morgan fingerprint density at radius 1 is 1.31 bits per heavy atom. The van der Waals surface area contributed by atoms with Gasteiger partial charge in [-0.1, -0.05) is 24.0 Å². The Morgan fingerprint density at radius 3 is 2.69 bits per heavy atom. The molecule has 3 aromatic rings. The van der Waals surface area contributed by atoms with Gasteiger partial charge >= 0.3 is 12.2 Å². The van der Waals surface area contributed by atoms with E-state index in [2.05, 4.69) is 22.1 Å². The number of nitrogens with zero attached hydrogens (tertiary/aromatic N) is 2. The fourth-order valence-electron chi connectivity index (χ4n) is 2.57. The summed E-state index contributed by atoms with van der Waals surface area (Å²) in [6, 6.07) is 9.28. The first kappa shape index (κ1) is 24.2. The molecule has 4 N–H and O–H groups in total. The zero-order valence-corrected chi connectivity index (χ0v) is 16.7. The van der Waals surface area contributed by atoms with Gasteiger partial charge in [0.1, 0.15) is 18.3 Å². The van der Waals surface area contributed by atoms with E-state index in [0.717, 1.165) is 5.69 Å². The average Bonchev–Trinajstić information content (AvgIpc) is 3.14. The summed E-state index contributed by atoms with van der Waals surface area (Å²) in [4.78, 5) is 24.3. The summed E-state index contributed by atoms with van der Waals surface area (Å²) >= 11 is 0. The van der Waals surface area contributed by atoms with Crippen molar-refractivity contribution in [2.24, 2.45) is 0 Å². The molecule has 2 heterocycles. The Kier molecular flexibility index (Phi) is 8.20. The number of carboxylic acid groups (broad SMARTS) is 1. The van der Waals surface area contributed by atoms with Gasteiger partial charge in [-0.15, -0.1) is 0 Å². The van der Waals surface area contributed by atoms with Crippen molar-refractivity contribution in [3.63, 3.8) is 0 Å². The lowest BCUT2D eigenvalue weighted by molar-refractivity contribution is -0.123. The van der Waals surface area contributed by atoms with Crippen LogP contribution in [-0.2, 0) is 4.79 Å². The van der Waals surface area contributed by atoms with E-state index in [1.165, 1.54) is 0 Å². The average molecular weight is 448 g/mol. The third kappa shape index (κ3) is 7.33. The molecule has 0 fully saturated rings. The van der Waals surface area contributed by atoms with E-state index in [1.807, 2.05) is 4.40 Å². The molecule has 0 aliphatic carbocycles. The maximum atomic E-state index is 12.2. The summed E-state index contributed by atoms with van der Waals surface area (Å²) in [6.07, 6.45) is -1.79. The fourth-order valence-corrected chi connectivity index (χ4v) is 2.57. The van der Waals surface area contributed by atoms with E-state index in [4.69, 9.17) is 9.90 Å². The molecule has 11 heteroatoms. The number of alkyl halides is 3. The number of fused-ring (bicyclic) bond motifs is 1. The number of aliphatic hydroxyl groups excluding tert-OH is 1. The summed E-state index contributed by atoms with van der Waals surface area (Å²) in [7, 11) is 0. The van der Waals surface area contributed by atoms with Crippen LogP contribution in [0, 0.1) is 11.8 Å². The zero-order chi connectivity index (χ0) is 23.7. The largest absolute Gasteiger partial charge is 0.483 e. The first-order valence-electron chi connectivity index (χ1n) is 9.09. The van der Waals surface area contributed by atoms with Crippen LogP contribution >= 0.6 is 0 Å². The number of nitrogens with one attached hydrogen (secondary N) is 2. The molecule has 2 aromatic heterocycles.